The van der Waals surface area contributed by atoms with Crippen molar-refractivity contribution in [2.24, 2.45) is 9.50 Å². The van der Waals surface area contributed by atoms with E-state index in [2.05, 4.69) is 28.5 Å². The maximum absolute atomic E-state index is 12.8. The molecular weight excluding hydrogens is 410 g/mol. The van der Waals surface area contributed by atoms with Gasteiger partial charge in [0.15, 0.2) is 9.92 Å². The highest BCUT2D eigenvalue weighted by Gasteiger charge is 2.25. The lowest BCUT2D eigenvalue weighted by molar-refractivity contribution is 0.0783. The van der Waals surface area contributed by atoms with Gasteiger partial charge in [-0.1, -0.05) is 13.8 Å². The summed E-state index contributed by atoms with van der Waals surface area (Å²) in [6.07, 6.45) is 3.99. The molecule has 29 heavy (non-hydrogen) atoms. The summed E-state index contributed by atoms with van der Waals surface area (Å²) >= 11 is 0.979. The molecule has 0 saturated carbocycles. The van der Waals surface area contributed by atoms with Crippen molar-refractivity contribution >= 4 is 33.0 Å². The molecule has 3 rings (SSSR count). The molecule has 0 fully saturated rings. The number of amides is 2. The lowest BCUT2D eigenvalue weighted by Gasteiger charge is -2.17. The molecular formula is C19H27N5O3S2. The summed E-state index contributed by atoms with van der Waals surface area (Å²) in [7, 11) is -3.48. The molecule has 0 radical (unpaired) electrons. The topological polar surface area (TPSA) is 131 Å². The van der Waals surface area contributed by atoms with Crippen LogP contribution < -0.4 is 10.5 Å². The molecule has 0 unspecified atom stereocenters. The average molecular weight is 438 g/mol. The minimum atomic E-state index is -3.48. The van der Waals surface area contributed by atoms with E-state index in [0.29, 0.717) is 10.7 Å². The lowest BCUT2D eigenvalue weighted by atomic mass is 9.99. The van der Waals surface area contributed by atoms with Crippen LogP contribution in [0.2, 0.25) is 0 Å². The van der Waals surface area contributed by atoms with E-state index < -0.39 is 21.5 Å². The molecule has 1 aliphatic carbocycles. The third-order valence-electron chi connectivity index (χ3n) is 4.80. The Balaban J connectivity index is 1.95. The van der Waals surface area contributed by atoms with Gasteiger partial charge in [-0.15, -0.1) is 15.7 Å². The van der Waals surface area contributed by atoms with Crippen molar-refractivity contribution < 1.29 is 14.1 Å². The van der Waals surface area contributed by atoms with Gasteiger partial charge in [0.25, 0.3) is 0 Å². The monoisotopic (exact) mass is 437 g/mol. The predicted molar refractivity (Wildman–Crippen MR) is 114 cm³/mol. The molecule has 1 atom stereocenters. The minimum Gasteiger partial charge on any atom is -0.383 e. The number of aliphatic hydroxyl groups is 1. The molecule has 1 aliphatic rings. The first kappa shape index (κ1) is 21.8. The third kappa shape index (κ3) is 4.50. The number of nitrogens with one attached hydrogen (secondary N) is 1. The minimum absolute atomic E-state index is 0.143. The zero-order valence-corrected chi connectivity index (χ0v) is 18.9. The Morgan fingerprint density at radius 1 is 1.41 bits per heavy atom. The van der Waals surface area contributed by atoms with Gasteiger partial charge in [-0.25, -0.2) is 19.1 Å². The van der Waals surface area contributed by atoms with Gasteiger partial charge < -0.3 is 10.4 Å². The molecule has 0 aliphatic heterocycles. The smallest absolute Gasteiger partial charge is 0.354 e. The Labute approximate surface area is 175 Å². The number of pyridine rings is 1. The van der Waals surface area contributed by atoms with E-state index in [-0.39, 0.29) is 10.1 Å². The first-order chi connectivity index (χ1) is 13.4. The predicted octanol–water partition coefficient (Wildman–Crippen LogP) is 3.62. The Hall–Kier alpha value is -1.88. The molecule has 2 aromatic heterocycles. The van der Waals surface area contributed by atoms with E-state index in [9.17, 15) is 14.1 Å². The van der Waals surface area contributed by atoms with Gasteiger partial charge in [-0.2, -0.15) is 0 Å². The second-order valence-corrected chi connectivity index (χ2v) is 11.1. The number of aromatic nitrogens is 2. The molecule has 2 amide bonds. The molecule has 0 spiro atoms. The van der Waals surface area contributed by atoms with Crippen molar-refractivity contribution in [3.05, 3.63) is 33.7 Å². The molecule has 8 nitrogen and oxygen atoms in total. The van der Waals surface area contributed by atoms with Crippen LogP contribution >= 0.6 is 11.3 Å². The standard InChI is InChI=1S/C19H27N5O3S2/c1-10(2)15-11(3)16(12-7-6-8-13(12)22-15)23-18(25)24-29(20,27)14-9-21-17(28-14)19(4,5)26/h9-10,26H,6-8H2,1-5H3,(H3,20,22,23,24,25,27)/t29-/m0/s1. The zero-order valence-electron chi connectivity index (χ0n) is 17.3. The highest BCUT2D eigenvalue weighted by atomic mass is 32.2. The van der Waals surface area contributed by atoms with Crippen LogP contribution in [0, 0.1) is 6.92 Å². The number of rotatable bonds is 4. The van der Waals surface area contributed by atoms with E-state index in [1.807, 2.05) is 6.92 Å². The summed E-state index contributed by atoms with van der Waals surface area (Å²) in [5, 5.41) is 19.0. The van der Waals surface area contributed by atoms with Crippen molar-refractivity contribution in [3.8, 4) is 0 Å². The fourth-order valence-electron chi connectivity index (χ4n) is 3.41. The van der Waals surface area contributed by atoms with Crippen LogP contribution in [-0.4, -0.2) is 25.3 Å². The number of anilines is 1. The van der Waals surface area contributed by atoms with Crippen molar-refractivity contribution in [2.45, 2.75) is 69.6 Å². The SMILES string of the molecule is Cc1c(C(C)C)nc2c(c1NC(=O)N=[S@](N)(=O)c1cnc(C(C)(C)O)s1)CCC2. The quantitative estimate of drug-likeness (QED) is 0.672. The molecule has 2 aromatic rings. The molecule has 0 aromatic carbocycles. The Bertz CT molecular complexity index is 1080. The van der Waals surface area contributed by atoms with E-state index in [4.69, 9.17) is 10.1 Å². The average Bonchev–Trinajstić information content (AvgIpc) is 3.25. The largest absolute Gasteiger partial charge is 0.383 e. The van der Waals surface area contributed by atoms with Crippen LogP contribution in [0.1, 0.15) is 67.6 Å². The van der Waals surface area contributed by atoms with Crippen LogP contribution in [0.25, 0.3) is 0 Å². The van der Waals surface area contributed by atoms with Crippen LogP contribution in [0.3, 0.4) is 0 Å². The summed E-state index contributed by atoms with van der Waals surface area (Å²) in [5.41, 5.74) is 3.35. The van der Waals surface area contributed by atoms with Gasteiger partial charge in [0.2, 0.25) is 0 Å². The molecule has 158 valence electrons. The second kappa shape index (κ2) is 7.75. The third-order valence-corrected chi connectivity index (χ3v) is 7.99. The lowest BCUT2D eigenvalue weighted by Crippen LogP contribution is -2.18. The number of urea groups is 1. The fourth-order valence-corrected chi connectivity index (χ4v) is 5.47. The summed E-state index contributed by atoms with van der Waals surface area (Å²) < 4.78 is 16.7. The van der Waals surface area contributed by atoms with Gasteiger partial charge in [-0.3, -0.25) is 4.98 Å². The molecule has 4 N–H and O–H groups in total. The first-order valence-electron chi connectivity index (χ1n) is 9.47. The van der Waals surface area contributed by atoms with Crippen molar-refractivity contribution in [2.75, 3.05) is 5.32 Å². The van der Waals surface area contributed by atoms with E-state index in [1.54, 1.807) is 13.8 Å². The van der Waals surface area contributed by atoms with Crippen LogP contribution in [0.4, 0.5) is 10.5 Å². The van der Waals surface area contributed by atoms with Gasteiger partial charge in [-0.05, 0) is 57.1 Å². The Morgan fingerprint density at radius 2 is 2.10 bits per heavy atom. The summed E-state index contributed by atoms with van der Waals surface area (Å²) in [5.74, 6) is 0.213. The number of fused-ring (bicyclic) bond motifs is 1. The summed E-state index contributed by atoms with van der Waals surface area (Å²) in [6.45, 7) is 9.18. The highest BCUT2D eigenvalue weighted by molar-refractivity contribution is 7.93. The van der Waals surface area contributed by atoms with E-state index in [1.165, 1.54) is 6.20 Å². The first-order valence-corrected chi connectivity index (χ1v) is 11.9. The number of hydrogen-bond acceptors (Lipinski definition) is 6. The Kier molecular flexibility index (Phi) is 5.83. The molecule has 0 saturated heterocycles. The number of thiazole rings is 1. The number of aryl methyl sites for hydroxylation is 1. The highest BCUT2D eigenvalue weighted by Crippen LogP contribution is 2.35. The molecule has 2 heterocycles. The van der Waals surface area contributed by atoms with Crippen LogP contribution in [0.15, 0.2) is 14.8 Å². The molecule has 0 bridgehead atoms. The normalized spacial score (nSPS) is 15.9. The van der Waals surface area contributed by atoms with Crippen molar-refractivity contribution in [3.63, 3.8) is 0 Å². The van der Waals surface area contributed by atoms with Gasteiger partial charge in [0, 0.05) is 11.4 Å². The number of carbonyl (C=O) groups excluding carboxylic acids is 1. The fraction of sp³-hybridized carbons (Fsp3) is 0.526. The molecule has 10 heteroatoms. The van der Waals surface area contributed by atoms with Gasteiger partial charge in [0.1, 0.15) is 14.8 Å². The van der Waals surface area contributed by atoms with Gasteiger partial charge in [0.05, 0.1) is 11.9 Å². The number of nitrogens with zero attached hydrogens (tertiary/aromatic N) is 3. The van der Waals surface area contributed by atoms with E-state index >= 15 is 0 Å². The van der Waals surface area contributed by atoms with Crippen LogP contribution in [-0.2, 0) is 28.4 Å². The summed E-state index contributed by atoms with van der Waals surface area (Å²) in [6, 6.07) is -0.770. The maximum atomic E-state index is 12.8. The zero-order chi connectivity index (χ0) is 21.6. The van der Waals surface area contributed by atoms with Crippen LogP contribution in [0.5, 0.6) is 0 Å². The number of nitrogens with two attached hydrogens (primary N) is 1. The number of hydrogen-bond donors (Lipinski definition) is 3. The second-order valence-electron chi connectivity index (χ2n) is 8.06. The van der Waals surface area contributed by atoms with E-state index in [0.717, 1.165) is 53.1 Å². The van der Waals surface area contributed by atoms with Gasteiger partial charge >= 0.3 is 6.03 Å². The maximum Gasteiger partial charge on any atom is 0.354 e. The van der Waals surface area contributed by atoms with Crippen molar-refractivity contribution in [1.82, 2.24) is 9.97 Å². The van der Waals surface area contributed by atoms with Crippen molar-refractivity contribution in [1.29, 1.82) is 0 Å². The summed E-state index contributed by atoms with van der Waals surface area (Å²) in [4.78, 5) is 21.4. The number of carbonyl (C=O) groups is 1. The Morgan fingerprint density at radius 3 is 2.69 bits per heavy atom.